The van der Waals surface area contributed by atoms with Crippen molar-refractivity contribution < 1.29 is 18.7 Å². The van der Waals surface area contributed by atoms with Crippen molar-refractivity contribution in [3.8, 4) is 5.75 Å². The van der Waals surface area contributed by atoms with Crippen LogP contribution in [-0.4, -0.2) is 19.7 Å². The SMILES string of the molecule is COc1cc(F)ccc1C=CCCNC(=O)OCc1ccccc1. The first-order valence-corrected chi connectivity index (χ1v) is 7.63. The van der Waals surface area contributed by atoms with Crippen LogP contribution in [0.1, 0.15) is 17.5 Å². The molecule has 0 bridgehead atoms. The third-order valence-electron chi connectivity index (χ3n) is 3.29. The molecule has 1 amide bonds. The lowest BCUT2D eigenvalue weighted by Gasteiger charge is -2.06. The Morgan fingerprint density at radius 3 is 2.75 bits per heavy atom. The van der Waals surface area contributed by atoms with Crippen LogP contribution in [0.25, 0.3) is 6.08 Å². The van der Waals surface area contributed by atoms with Gasteiger partial charge in [-0.25, -0.2) is 9.18 Å². The molecule has 0 spiro atoms. The highest BCUT2D eigenvalue weighted by Gasteiger charge is 2.02. The predicted octanol–water partition coefficient (Wildman–Crippen LogP) is 4.16. The monoisotopic (exact) mass is 329 g/mol. The summed E-state index contributed by atoms with van der Waals surface area (Å²) in [6.07, 6.45) is 3.88. The molecule has 0 aliphatic rings. The minimum atomic E-state index is -0.452. The normalized spacial score (nSPS) is 10.6. The number of ether oxygens (including phenoxy) is 2. The van der Waals surface area contributed by atoms with Gasteiger partial charge >= 0.3 is 6.09 Å². The van der Waals surface area contributed by atoms with Gasteiger partial charge in [0, 0.05) is 18.2 Å². The summed E-state index contributed by atoms with van der Waals surface area (Å²) in [4.78, 5) is 11.6. The zero-order valence-electron chi connectivity index (χ0n) is 13.5. The smallest absolute Gasteiger partial charge is 0.407 e. The Morgan fingerprint density at radius 2 is 2.00 bits per heavy atom. The van der Waals surface area contributed by atoms with Crippen LogP contribution in [0.15, 0.2) is 54.6 Å². The summed E-state index contributed by atoms with van der Waals surface area (Å²) in [5.74, 6) is 0.133. The average Bonchev–Trinajstić information content (AvgIpc) is 2.61. The van der Waals surface area contributed by atoms with Crippen molar-refractivity contribution in [3.05, 3.63) is 71.6 Å². The minimum Gasteiger partial charge on any atom is -0.496 e. The highest BCUT2D eigenvalue weighted by molar-refractivity contribution is 5.67. The molecule has 24 heavy (non-hydrogen) atoms. The Bertz CT molecular complexity index is 686. The quantitative estimate of drug-likeness (QED) is 0.776. The first-order chi connectivity index (χ1) is 11.7. The van der Waals surface area contributed by atoms with E-state index in [9.17, 15) is 9.18 Å². The molecule has 126 valence electrons. The van der Waals surface area contributed by atoms with Crippen molar-refractivity contribution in [2.24, 2.45) is 0 Å². The van der Waals surface area contributed by atoms with Crippen LogP contribution in [-0.2, 0) is 11.3 Å². The van der Waals surface area contributed by atoms with Crippen LogP contribution in [0.3, 0.4) is 0 Å². The Balaban J connectivity index is 1.69. The van der Waals surface area contributed by atoms with Crippen molar-refractivity contribution in [1.29, 1.82) is 0 Å². The van der Waals surface area contributed by atoms with Crippen LogP contribution in [0.4, 0.5) is 9.18 Å². The number of carbonyl (C=O) groups excluding carboxylic acids is 1. The van der Waals surface area contributed by atoms with E-state index in [2.05, 4.69) is 5.32 Å². The molecule has 0 unspecified atom stereocenters. The van der Waals surface area contributed by atoms with Crippen LogP contribution in [0.2, 0.25) is 0 Å². The van der Waals surface area contributed by atoms with Crippen LogP contribution < -0.4 is 10.1 Å². The molecule has 5 heteroatoms. The van der Waals surface area contributed by atoms with Crippen molar-refractivity contribution in [2.75, 3.05) is 13.7 Å². The number of rotatable bonds is 7. The zero-order chi connectivity index (χ0) is 17.2. The highest BCUT2D eigenvalue weighted by atomic mass is 19.1. The molecule has 0 fully saturated rings. The number of hydrogen-bond acceptors (Lipinski definition) is 3. The summed E-state index contributed by atoms with van der Waals surface area (Å²) in [7, 11) is 1.50. The number of nitrogens with one attached hydrogen (secondary N) is 1. The summed E-state index contributed by atoms with van der Waals surface area (Å²) in [5.41, 5.74) is 1.72. The van der Waals surface area contributed by atoms with Crippen LogP contribution in [0, 0.1) is 5.82 Å². The maximum atomic E-state index is 13.1. The first-order valence-electron chi connectivity index (χ1n) is 7.63. The van der Waals surface area contributed by atoms with Gasteiger partial charge in [-0.2, -0.15) is 0 Å². The molecule has 0 atom stereocenters. The molecule has 2 rings (SSSR count). The molecule has 1 N–H and O–H groups in total. The highest BCUT2D eigenvalue weighted by Crippen LogP contribution is 2.20. The van der Waals surface area contributed by atoms with Gasteiger partial charge in [-0.1, -0.05) is 42.5 Å². The number of alkyl carbamates (subject to hydrolysis) is 1. The van der Waals surface area contributed by atoms with Gasteiger partial charge in [0.25, 0.3) is 0 Å². The number of carbonyl (C=O) groups is 1. The fraction of sp³-hybridized carbons (Fsp3) is 0.211. The zero-order valence-corrected chi connectivity index (χ0v) is 13.5. The number of hydrogen-bond donors (Lipinski definition) is 1. The molecule has 2 aromatic rings. The molecule has 0 saturated heterocycles. The lowest BCUT2D eigenvalue weighted by atomic mass is 10.1. The van der Waals surface area contributed by atoms with E-state index in [4.69, 9.17) is 9.47 Å². The second-order valence-corrected chi connectivity index (χ2v) is 5.07. The molecule has 4 nitrogen and oxygen atoms in total. The maximum absolute atomic E-state index is 13.1. The standard InChI is InChI=1S/C19H20FNO3/c1-23-18-13-17(20)11-10-16(18)9-5-6-12-21-19(22)24-14-15-7-3-2-4-8-15/h2-5,7-11,13H,6,12,14H2,1H3,(H,21,22). The molecule has 0 aliphatic carbocycles. The molecule has 0 radical (unpaired) electrons. The molecule has 0 saturated carbocycles. The third kappa shape index (κ3) is 5.76. The fourth-order valence-electron chi connectivity index (χ4n) is 2.06. The average molecular weight is 329 g/mol. The second-order valence-electron chi connectivity index (χ2n) is 5.07. The number of amides is 1. The lowest BCUT2D eigenvalue weighted by molar-refractivity contribution is 0.140. The summed E-state index contributed by atoms with van der Waals surface area (Å²) >= 11 is 0. The summed E-state index contributed by atoms with van der Waals surface area (Å²) < 4.78 is 23.3. The van der Waals surface area contributed by atoms with E-state index in [1.807, 2.05) is 42.5 Å². The number of benzene rings is 2. The van der Waals surface area contributed by atoms with Gasteiger partial charge in [-0.05, 0) is 24.1 Å². The topological polar surface area (TPSA) is 47.6 Å². The Kier molecular flexibility index (Phi) is 6.83. The van der Waals surface area contributed by atoms with Gasteiger partial charge in [0.1, 0.15) is 18.2 Å². The molecule has 0 aromatic heterocycles. The van der Waals surface area contributed by atoms with E-state index in [-0.39, 0.29) is 12.4 Å². The summed E-state index contributed by atoms with van der Waals surface area (Å²) in [5, 5.41) is 2.67. The number of methoxy groups -OCH3 is 1. The van der Waals surface area contributed by atoms with E-state index in [0.717, 1.165) is 11.1 Å². The minimum absolute atomic E-state index is 0.245. The molecular formula is C19H20FNO3. The summed E-state index contributed by atoms with van der Waals surface area (Å²) in [6.45, 7) is 0.697. The lowest BCUT2D eigenvalue weighted by Crippen LogP contribution is -2.24. The van der Waals surface area contributed by atoms with E-state index in [1.165, 1.54) is 19.2 Å². The van der Waals surface area contributed by atoms with Crippen molar-refractivity contribution >= 4 is 12.2 Å². The van der Waals surface area contributed by atoms with E-state index in [1.54, 1.807) is 6.07 Å². The second kappa shape index (κ2) is 9.35. The van der Waals surface area contributed by atoms with Gasteiger partial charge in [0.15, 0.2) is 0 Å². The van der Waals surface area contributed by atoms with Gasteiger partial charge in [0.05, 0.1) is 7.11 Å². The van der Waals surface area contributed by atoms with Crippen molar-refractivity contribution in [1.82, 2.24) is 5.32 Å². The number of halogens is 1. The van der Waals surface area contributed by atoms with E-state index < -0.39 is 6.09 Å². The Hall–Kier alpha value is -2.82. The Labute approximate surface area is 140 Å². The Morgan fingerprint density at radius 1 is 1.21 bits per heavy atom. The van der Waals surface area contributed by atoms with Gasteiger partial charge in [-0.15, -0.1) is 0 Å². The molecular weight excluding hydrogens is 309 g/mol. The van der Waals surface area contributed by atoms with Crippen molar-refractivity contribution in [3.63, 3.8) is 0 Å². The van der Waals surface area contributed by atoms with E-state index in [0.29, 0.717) is 18.7 Å². The fourth-order valence-corrected chi connectivity index (χ4v) is 2.06. The molecule has 2 aromatic carbocycles. The molecule has 0 aliphatic heterocycles. The van der Waals surface area contributed by atoms with Gasteiger partial charge < -0.3 is 14.8 Å². The first kappa shape index (κ1) is 17.5. The predicted molar refractivity (Wildman–Crippen MR) is 91.2 cm³/mol. The third-order valence-corrected chi connectivity index (χ3v) is 3.29. The van der Waals surface area contributed by atoms with Gasteiger partial charge in [-0.3, -0.25) is 0 Å². The largest absolute Gasteiger partial charge is 0.496 e. The summed E-state index contributed by atoms with van der Waals surface area (Å²) in [6, 6.07) is 13.8. The van der Waals surface area contributed by atoms with Gasteiger partial charge in [0.2, 0.25) is 0 Å². The van der Waals surface area contributed by atoms with Crippen LogP contribution in [0.5, 0.6) is 5.75 Å². The van der Waals surface area contributed by atoms with E-state index >= 15 is 0 Å². The van der Waals surface area contributed by atoms with Crippen molar-refractivity contribution in [2.45, 2.75) is 13.0 Å². The molecule has 0 heterocycles. The van der Waals surface area contributed by atoms with Crippen LogP contribution >= 0.6 is 0 Å². The maximum Gasteiger partial charge on any atom is 0.407 e.